The molecule has 3 atom stereocenters. The number of aryl methyl sites for hydroxylation is 1. The van der Waals surface area contributed by atoms with Crippen molar-refractivity contribution in [3.63, 3.8) is 0 Å². The summed E-state index contributed by atoms with van der Waals surface area (Å²) in [6.45, 7) is 2.01. The summed E-state index contributed by atoms with van der Waals surface area (Å²) in [5.74, 6) is 1.74. The Morgan fingerprint density at radius 1 is 1.00 bits per heavy atom. The van der Waals surface area contributed by atoms with Crippen LogP contribution in [-0.4, -0.2) is 24.1 Å². The molecule has 2 aliphatic rings. The quantitative estimate of drug-likeness (QED) is 0.460. The van der Waals surface area contributed by atoms with Gasteiger partial charge in [0.25, 0.3) is 0 Å². The lowest BCUT2D eigenvalue weighted by Gasteiger charge is -2.17. The summed E-state index contributed by atoms with van der Waals surface area (Å²) >= 11 is -1.49. The van der Waals surface area contributed by atoms with E-state index in [0.29, 0.717) is 16.9 Å². The van der Waals surface area contributed by atoms with Gasteiger partial charge < -0.3 is 9.12 Å². The summed E-state index contributed by atoms with van der Waals surface area (Å²) in [5.41, 5.74) is 6.88. The van der Waals surface area contributed by atoms with Crippen LogP contribution in [0.2, 0.25) is 0 Å². The number of nitrogens with zero attached hydrogens (tertiary/aromatic N) is 4. The highest BCUT2D eigenvalue weighted by Gasteiger charge is 2.41. The van der Waals surface area contributed by atoms with E-state index in [1.807, 2.05) is 43.5 Å². The normalized spacial score (nSPS) is 19.8. The number of benzene rings is 1. The van der Waals surface area contributed by atoms with Gasteiger partial charge in [0, 0.05) is 35.0 Å². The van der Waals surface area contributed by atoms with E-state index in [0.717, 1.165) is 39.6 Å². The van der Waals surface area contributed by atoms with Crippen LogP contribution in [0.3, 0.4) is 0 Å². The maximum absolute atomic E-state index is 11.5. The van der Waals surface area contributed by atoms with Gasteiger partial charge in [0.15, 0.2) is 4.90 Å². The predicted octanol–water partition coefficient (Wildman–Crippen LogP) is 4.79. The van der Waals surface area contributed by atoms with Crippen LogP contribution in [0.4, 0.5) is 0 Å². The third kappa shape index (κ3) is 3.16. The van der Waals surface area contributed by atoms with E-state index in [2.05, 4.69) is 21.7 Å². The fraction of sp³-hybridized carbons (Fsp3) is 0.240. The number of rotatable bonds is 4. The average Bonchev–Trinajstić information content (AvgIpc) is 3.52. The molecule has 6 rings (SSSR count). The van der Waals surface area contributed by atoms with Gasteiger partial charge in [0.1, 0.15) is 11.5 Å². The lowest BCUT2D eigenvalue weighted by atomic mass is 10.0. The zero-order valence-corrected chi connectivity index (χ0v) is 18.5. The van der Waals surface area contributed by atoms with Crippen LogP contribution in [-0.2, 0) is 11.4 Å². The van der Waals surface area contributed by atoms with E-state index < -0.39 is 11.4 Å². The smallest absolute Gasteiger partial charge is 0.173 e. The van der Waals surface area contributed by atoms with Gasteiger partial charge in [-0.15, -0.1) is 5.14 Å². The molecule has 2 bridgehead atoms. The highest BCUT2D eigenvalue weighted by Crippen LogP contribution is 2.52. The van der Waals surface area contributed by atoms with Crippen molar-refractivity contribution in [3.05, 3.63) is 72.3 Å². The Morgan fingerprint density at radius 2 is 1.84 bits per heavy atom. The number of hydrogen-bond donors (Lipinski definition) is 1. The monoisotopic (exact) mass is 441 g/mol. The molecule has 0 saturated heterocycles. The first-order chi connectivity index (χ1) is 15.6. The molecule has 4 aromatic rings. The maximum Gasteiger partial charge on any atom is 0.173 e. The van der Waals surface area contributed by atoms with Crippen LogP contribution in [0.5, 0.6) is 0 Å². The molecule has 1 saturated carbocycles. The van der Waals surface area contributed by atoms with E-state index in [9.17, 15) is 4.55 Å². The van der Waals surface area contributed by atoms with Crippen molar-refractivity contribution in [3.8, 4) is 33.9 Å². The molecular formula is C25H23N5OS. The molecule has 0 radical (unpaired) electrons. The third-order valence-electron chi connectivity index (χ3n) is 6.62. The maximum atomic E-state index is 11.5. The second-order valence-corrected chi connectivity index (χ2v) is 9.68. The Hall–Kier alpha value is -3.00. The summed E-state index contributed by atoms with van der Waals surface area (Å²) in [6.07, 6.45) is 5.46. The van der Waals surface area contributed by atoms with E-state index in [1.165, 1.54) is 25.1 Å². The molecule has 0 spiro atoms. The summed E-state index contributed by atoms with van der Waals surface area (Å²) in [7, 11) is 0. The standard InChI is InChI=1S/C25H23N5OS/c1-15-3-2-4-21(28-15)23-24(30-19-8-5-18(13-19)25(30)29-23)17-11-12-27-22(14-17)16-6-9-20(10-7-16)32(26)31/h2-4,6-7,9-12,14,18-19H,5,8,13,26H2,1H3/t18-,19+,32?/m0/s1. The number of hydrogen-bond acceptors (Lipinski definition) is 5. The molecular weight excluding hydrogens is 418 g/mol. The number of imidazole rings is 1. The highest BCUT2D eigenvalue weighted by molar-refractivity contribution is 7.89. The first-order valence-electron chi connectivity index (χ1n) is 10.9. The van der Waals surface area contributed by atoms with Crippen LogP contribution < -0.4 is 5.14 Å². The second-order valence-electron chi connectivity index (χ2n) is 8.62. The van der Waals surface area contributed by atoms with E-state index >= 15 is 0 Å². The van der Waals surface area contributed by atoms with E-state index in [4.69, 9.17) is 15.1 Å². The minimum Gasteiger partial charge on any atom is -0.593 e. The molecule has 4 heterocycles. The van der Waals surface area contributed by atoms with Crippen LogP contribution in [0.15, 0.2) is 65.7 Å². The van der Waals surface area contributed by atoms with Gasteiger partial charge in [0.05, 0.1) is 28.4 Å². The Labute approximate surface area is 189 Å². The molecule has 1 unspecified atom stereocenters. The van der Waals surface area contributed by atoms with Crippen molar-refractivity contribution in [2.75, 3.05) is 0 Å². The minimum atomic E-state index is -1.49. The van der Waals surface area contributed by atoms with Gasteiger partial charge in [-0.3, -0.25) is 9.97 Å². The molecule has 1 aliphatic heterocycles. The van der Waals surface area contributed by atoms with Crippen molar-refractivity contribution in [2.45, 2.75) is 43.0 Å². The first kappa shape index (κ1) is 19.7. The fourth-order valence-electron chi connectivity index (χ4n) is 5.16. The van der Waals surface area contributed by atoms with E-state index in [-0.39, 0.29) is 0 Å². The lowest BCUT2D eigenvalue weighted by molar-refractivity contribution is 0.530. The van der Waals surface area contributed by atoms with Gasteiger partial charge in [-0.05, 0) is 74.7 Å². The number of pyridine rings is 2. The molecule has 6 nitrogen and oxygen atoms in total. The highest BCUT2D eigenvalue weighted by atomic mass is 32.2. The zero-order chi connectivity index (χ0) is 21.8. The Bertz CT molecular complexity index is 1310. The van der Waals surface area contributed by atoms with Crippen LogP contribution in [0.1, 0.15) is 42.7 Å². The molecule has 32 heavy (non-hydrogen) atoms. The van der Waals surface area contributed by atoms with Gasteiger partial charge in [0.2, 0.25) is 0 Å². The van der Waals surface area contributed by atoms with Gasteiger partial charge >= 0.3 is 0 Å². The largest absolute Gasteiger partial charge is 0.593 e. The van der Waals surface area contributed by atoms with E-state index in [1.54, 1.807) is 12.1 Å². The molecule has 7 heteroatoms. The number of nitrogens with two attached hydrogens (primary N) is 1. The topological polar surface area (TPSA) is 92.7 Å². The van der Waals surface area contributed by atoms with Crippen molar-refractivity contribution < 1.29 is 4.55 Å². The molecule has 0 amide bonds. The molecule has 1 aliphatic carbocycles. The van der Waals surface area contributed by atoms with Crippen molar-refractivity contribution >= 4 is 11.4 Å². The summed E-state index contributed by atoms with van der Waals surface area (Å²) < 4.78 is 14.0. The molecule has 2 N–H and O–H groups in total. The number of fused-ring (bicyclic) bond motifs is 5. The fourth-order valence-corrected chi connectivity index (χ4v) is 5.56. The van der Waals surface area contributed by atoms with Crippen LogP contribution in [0, 0.1) is 6.92 Å². The van der Waals surface area contributed by atoms with Gasteiger partial charge in [-0.1, -0.05) is 6.07 Å². The lowest BCUT2D eigenvalue weighted by Crippen LogP contribution is -2.11. The predicted molar refractivity (Wildman–Crippen MR) is 125 cm³/mol. The van der Waals surface area contributed by atoms with Crippen molar-refractivity contribution in [2.24, 2.45) is 5.14 Å². The second kappa shape index (κ2) is 7.55. The zero-order valence-electron chi connectivity index (χ0n) is 17.7. The number of aromatic nitrogens is 4. The van der Waals surface area contributed by atoms with Crippen molar-refractivity contribution in [1.82, 2.24) is 19.5 Å². The van der Waals surface area contributed by atoms with Crippen LogP contribution in [0.25, 0.3) is 33.9 Å². The third-order valence-corrected chi connectivity index (χ3v) is 7.36. The Kier molecular flexibility index (Phi) is 4.64. The minimum absolute atomic E-state index is 0.506. The summed E-state index contributed by atoms with van der Waals surface area (Å²) in [5, 5.41) is 5.50. The summed E-state index contributed by atoms with van der Waals surface area (Å²) in [6, 6.07) is 18.2. The Balaban J connectivity index is 1.50. The van der Waals surface area contributed by atoms with Crippen molar-refractivity contribution in [1.29, 1.82) is 0 Å². The SMILES string of the molecule is Cc1cccc(-c2nc3n(c2-c2ccnc(-c4ccc([S+](N)[O-])cc4)c2)[C@@H]2CC[C@H]3C2)n1. The Morgan fingerprint density at radius 3 is 2.62 bits per heavy atom. The molecule has 160 valence electrons. The molecule has 3 aromatic heterocycles. The summed E-state index contributed by atoms with van der Waals surface area (Å²) in [4.78, 5) is 15.1. The van der Waals surface area contributed by atoms with Gasteiger partial charge in [-0.25, -0.2) is 4.98 Å². The van der Waals surface area contributed by atoms with Crippen LogP contribution >= 0.6 is 0 Å². The molecule has 1 fully saturated rings. The van der Waals surface area contributed by atoms with Gasteiger partial charge in [-0.2, -0.15) is 0 Å². The first-order valence-corrected chi connectivity index (χ1v) is 12.1. The average molecular weight is 442 g/mol. The molecule has 1 aromatic carbocycles.